The summed E-state index contributed by atoms with van der Waals surface area (Å²) in [7, 11) is -2.36. The Hall–Kier alpha value is -4.14. The van der Waals surface area contributed by atoms with Crippen molar-refractivity contribution in [2.24, 2.45) is 11.3 Å². The third-order valence-electron chi connectivity index (χ3n) is 9.50. The first-order chi connectivity index (χ1) is 24.1. The normalized spacial score (nSPS) is 23.6. The fourth-order valence-electron chi connectivity index (χ4n) is 6.45. The number of methoxy groups -OCH3 is 1. The molecule has 3 amide bonds. The molecule has 13 nitrogen and oxygen atoms in total. The van der Waals surface area contributed by atoms with E-state index in [0.29, 0.717) is 45.1 Å². The molecule has 5 atom stereocenters. The molecule has 1 aliphatic heterocycles. The molecule has 0 unspecified atom stereocenters. The summed E-state index contributed by atoms with van der Waals surface area (Å²) in [6.45, 7) is 9.43. The maximum Gasteiger partial charge on any atom is 0.259 e. The van der Waals surface area contributed by atoms with Crippen LogP contribution in [-0.4, -0.2) is 83.6 Å². The maximum absolute atomic E-state index is 14.6. The van der Waals surface area contributed by atoms with E-state index in [1.165, 1.54) is 30.5 Å². The van der Waals surface area contributed by atoms with Crippen molar-refractivity contribution >= 4 is 67.4 Å². The van der Waals surface area contributed by atoms with E-state index < -0.39 is 68.1 Å². The van der Waals surface area contributed by atoms with Crippen LogP contribution >= 0.6 is 23.2 Å². The zero-order valence-corrected chi connectivity index (χ0v) is 30.9. The molecule has 1 saturated heterocycles. The Morgan fingerprint density at radius 2 is 1.84 bits per heavy atom. The van der Waals surface area contributed by atoms with Crippen molar-refractivity contribution in [3.63, 3.8) is 0 Å². The predicted molar refractivity (Wildman–Crippen MR) is 193 cm³/mol. The van der Waals surface area contributed by atoms with Gasteiger partial charge in [-0.3, -0.25) is 24.1 Å². The van der Waals surface area contributed by atoms with Crippen molar-refractivity contribution in [3.05, 3.63) is 65.6 Å². The fraction of sp³-hybridized carbons (Fsp3) is 0.457. The van der Waals surface area contributed by atoms with E-state index in [4.69, 9.17) is 32.7 Å². The molecule has 2 saturated carbocycles. The van der Waals surface area contributed by atoms with Crippen LogP contribution in [0.3, 0.4) is 0 Å². The molecule has 0 bridgehead atoms. The van der Waals surface area contributed by atoms with Crippen LogP contribution in [0.4, 0.5) is 5.69 Å². The fourth-order valence-corrected chi connectivity index (χ4v) is 8.15. The molecule has 3 heterocycles. The van der Waals surface area contributed by atoms with E-state index in [2.05, 4.69) is 31.9 Å². The highest BCUT2D eigenvalue weighted by Gasteiger charge is 2.62. The summed E-state index contributed by atoms with van der Waals surface area (Å²) in [4.78, 5) is 52.4. The predicted octanol–water partition coefficient (Wildman–Crippen LogP) is 4.49. The van der Waals surface area contributed by atoms with Gasteiger partial charge in [0.15, 0.2) is 0 Å². The number of pyridine rings is 2. The first-order valence-corrected chi connectivity index (χ1v) is 18.8. The molecule has 16 heteroatoms. The second-order valence-corrected chi connectivity index (χ2v) is 17.2. The van der Waals surface area contributed by atoms with E-state index in [1.807, 2.05) is 20.8 Å². The van der Waals surface area contributed by atoms with Gasteiger partial charge in [-0.2, -0.15) is 0 Å². The van der Waals surface area contributed by atoms with Crippen molar-refractivity contribution in [3.8, 4) is 11.6 Å². The van der Waals surface area contributed by atoms with E-state index in [1.54, 1.807) is 30.5 Å². The van der Waals surface area contributed by atoms with Crippen LogP contribution < -0.4 is 24.8 Å². The van der Waals surface area contributed by atoms with Crippen LogP contribution in [0.25, 0.3) is 10.8 Å². The number of amides is 3. The molecule has 3 fully saturated rings. The Balaban J connectivity index is 1.32. The molecular formula is C35H40Cl2N6O7S. The standard InChI is InChI=1S/C35H40Cl2N6O7S/c1-6-19-14-35(19,33(46)42-51(47,48)24-8-9-24)41-30(44)27-13-23(50-31-26-12-20(36)7-10-25(26)28(49-5)17-39-31)18-43(27)32(45)29(34(2,3)4)40-22-11-21(37)15-38-16-22/h6-7,10-12,15-17,19,23-24,27,29,40H,1,8-9,13-14,18H2,2-5H3,(H,41,44)(H,42,46)/t19-,23-,27+,29-,35-/m1/s1. The zero-order chi connectivity index (χ0) is 36.9. The van der Waals surface area contributed by atoms with Gasteiger partial charge in [0.1, 0.15) is 29.5 Å². The Morgan fingerprint density at radius 3 is 2.47 bits per heavy atom. The lowest BCUT2D eigenvalue weighted by Crippen LogP contribution is -2.58. The number of hydrogen-bond donors (Lipinski definition) is 3. The molecule has 272 valence electrons. The summed E-state index contributed by atoms with van der Waals surface area (Å²) >= 11 is 12.5. The molecule has 2 aliphatic carbocycles. The second-order valence-electron chi connectivity index (χ2n) is 14.3. The van der Waals surface area contributed by atoms with Gasteiger partial charge in [-0.1, -0.05) is 50.0 Å². The molecule has 0 spiro atoms. The lowest BCUT2D eigenvalue weighted by molar-refractivity contribution is -0.141. The van der Waals surface area contributed by atoms with Crippen LogP contribution in [-0.2, 0) is 24.4 Å². The number of halogens is 2. The lowest BCUT2D eigenvalue weighted by atomic mass is 9.85. The first kappa shape index (κ1) is 36.6. The number of fused-ring (bicyclic) bond motifs is 1. The molecule has 51 heavy (non-hydrogen) atoms. The monoisotopic (exact) mass is 758 g/mol. The SMILES string of the molecule is C=C[C@@H]1C[C@]1(NC(=O)[C@@H]1C[C@@H](Oc2ncc(OC)c3ccc(Cl)cc23)CN1C(=O)[C@@H](Nc1cncc(Cl)c1)C(C)(C)C)C(=O)NS(=O)(=O)C1CC1. The number of nitrogens with one attached hydrogen (secondary N) is 3. The highest BCUT2D eigenvalue weighted by atomic mass is 35.5. The molecule has 2 aromatic heterocycles. The van der Waals surface area contributed by atoms with Gasteiger partial charge in [0.2, 0.25) is 27.7 Å². The number of hydrogen-bond acceptors (Lipinski definition) is 10. The van der Waals surface area contributed by atoms with Gasteiger partial charge in [0.05, 0.1) is 42.0 Å². The van der Waals surface area contributed by atoms with Crippen LogP contribution in [0.15, 0.2) is 55.5 Å². The molecule has 3 aliphatic rings. The van der Waals surface area contributed by atoms with Crippen LogP contribution in [0.1, 0.15) is 46.5 Å². The molecular weight excluding hydrogens is 719 g/mol. The molecule has 3 aromatic rings. The average molecular weight is 760 g/mol. The summed E-state index contributed by atoms with van der Waals surface area (Å²) < 4.78 is 39.4. The highest BCUT2D eigenvalue weighted by molar-refractivity contribution is 7.91. The summed E-state index contributed by atoms with van der Waals surface area (Å²) in [5.74, 6) is -1.63. The molecule has 3 N–H and O–H groups in total. The molecule has 1 aromatic carbocycles. The van der Waals surface area contributed by atoms with Crippen molar-refractivity contribution in [1.29, 1.82) is 0 Å². The molecule has 6 rings (SSSR count). The quantitative estimate of drug-likeness (QED) is 0.224. The van der Waals surface area contributed by atoms with Gasteiger partial charge < -0.3 is 25.0 Å². The first-order valence-electron chi connectivity index (χ1n) is 16.5. The van der Waals surface area contributed by atoms with E-state index in [-0.39, 0.29) is 25.3 Å². The Bertz CT molecular complexity index is 2000. The minimum absolute atomic E-state index is 0.00507. The van der Waals surface area contributed by atoms with Gasteiger partial charge in [-0.25, -0.2) is 13.4 Å². The number of anilines is 1. The van der Waals surface area contributed by atoms with Crippen LogP contribution in [0.2, 0.25) is 10.0 Å². The lowest BCUT2D eigenvalue weighted by Gasteiger charge is -2.36. The van der Waals surface area contributed by atoms with E-state index >= 15 is 0 Å². The van der Waals surface area contributed by atoms with Crippen LogP contribution in [0.5, 0.6) is 11.6 Å². The van der Waals surface area contributed by atoms with Gasteiger partial charge in [-0.15, -0.1) is 6.58 Å². The number of carbonyl (C=O) groups is 3. The summed E-state index contributed by atoms with van der Waals surface area (Å²) in [5, 5.41) is 7.53. The average Bonchev–Trinajstić information content (AvgIpc) is 4.00. The summed E-state index contributed by atoms with van der Waals surface area (Å²) in [5.41, 5.74) is -1.69. The zero-order valence-electron chi connectivity index (χ0n) is 28.6. The Labute approximate surface area is 306 Å². The minimum atomic E-state index is -3.89. The van der Waals surface area contributed by atoms with E-state index in [0.717, 1.165) is 0 Å². The number of likely N-dealkylation sites (tertiary alicyclic amines) is 1. The number of sulfonamides is 1. The van der Waals surface area contributed by atoms with Gasteiger partial charge in [0, 0.05) is 34.3 Å². The number of nitrogens with zero attached hydrogens (tertiary/aromatic N) is 3. The third kappa shape index (κ3) is 7.58. The Kier molecular flexibility index (Phi) is 9.90. The van der Waals surface area contributed by atoms with Gasteiger partial charge in [0.25, 0.3) is 5.91 Å². The third-order valence-corrected chi connectivity index (χ3v) is 11.8. The summed E-state index contributed by atoms with van der Waals surface area (Å²) in [6, 6.07) is 4.90. The largest absolute Gasteiger partial charge is 0.494 e. The number of aromatic nitrogens is 2. The minimum Gasteiger partial charge on any atom is -0.494 e. The summed E-state index contributed by atoms with van der Waals surface area (Å²) in [6.07, 6.45) is 6.47. The smallest absolute Gasteiger partial charge is 0.259 e. The van der Waals surface area contributed by atoms with Crippen molar-refractivity contribution in [1.82, 2.24) is 24.9 Å². The number of carbonyl (C=O) groups excluding carboxylic acids is 3. The van der Waals surface area contributed by atoms with Gasteiger partial charge in [-0.05, 0) is 48.9 Å². The van der Waals surface area contributed by atoms with Crippen molar-refractivity contribution in [2.45, 2.75) is 75.4 Å². The van der Waals surface area contributed by atoms with Crippen LogP contribution in [0, 0.1) is 11.3 Å². The highest BCUT2D eigenvalue weighted by Crippen LogP contribution is 2.46. The van der Waals surface area contributed by atoms with Crippen molar-refractivity contribution < 1.29 is 32.3 Å². The number of ether oxygens (including phenoxy) is 2. The number of rotatable bonds is 12. The second kappa shape index (κ2) is 13.8. The maximum atomic E-state index is 14.6. The van der Waals surface area contributed by atoms with Crippen molar-refractivity contribution in [2.75, 3.05) is 19.0 Å². The number of benzene rings is 1. The van der Waals surface area contributed by atoms with E-state index in [9.17, 15) is 22.8 Å². The Morgan fingerprint density at radius 1 is 1.10 bits per heavy atom. The van der Waals surface area contributed by atoms with Gasteiger partial charge >= 0.3 is 0 Å². The topological polar surface area (TPSA) is 169 Å². The molecule has 0 radical (unpaired) electrons.